The lowest BCUT2D eigenvalue weighted by Crippen LogP contribution is -2.24. The smallest absolute Gasteiger partial charge is 0.307 e. The van der Waals surface area contributed by atoms with Crippen molar-refractivity contribution >= 4 is 23.3 Å². The molecule has 9 heteroatoms. The predicted molar refractivity (Wildman–Crippen MR) is 116 cm³/mol. The monoisotopic (exact) mass is 436 g/mol. The number of aryl methyl sites for hydroxylation is 1. The zero-order valence-corrected chi connectivity index (χ0v) is 18.1. The lowest BCUT2D eigenvalue weighted by Gasteiger charge is -2.13. The minimum atomic E-state index is -0.953. The summed E-state index contributed by atoms with van der Waals surface area (Å²) in [7, 11) is 0. The van der Waals surface area contributed by atoms with Gasteiger partial charge in [-0.1, -0.05) is 25.1 Å². The Morgan fingerprint density at radius 2 is 1.81 bits per heavy atom. The van der Waals surface area contributed by atoms with Crippen molar-refractivity contribution in [2.24, 2.45) is 5.92 Å². The van der Waals surface area contributed by atoms with Crippen molar-refractivity contribution in [2.75, 3.05) is 5.32 Å². The lowest BCUT2D eigenvalue weighted by molar-refractivity contribution is -0.146. The Labute approximate surface area is 185 Å². The average Bonchev–Trinajstić information content (AvgIpc) is 3.27. The SMILES string of the molecule is CC(C)C(=O)Nc1ccc(C(=O)C(C)OC(=O)CCc2nc(-c3ccccn3)no2)cc1. The number of amides is 1. The molecule has 2 heterocycles. The van der Waals surface area contributed by atoms with E-state index in [0.29, 0.717) is 22.8 Å². The summed E-state index contributed by atoms with van der Waals surface area (Å²) >= 11 is 0. The van der Waals surface area contributed by atoms with Gasteiger partial charge in [0, 0.05) is 29.8 Å². The van der Waals surface area contributed by atoms with E-state index in [2.05, 4.69) is 20.4 Å². The van der Waals surface area contributed by atoms with Crippen LogP contribution >= 0.6 is 0 Å². The van der Waals surface area contributed by atoms with Crippen LogP contribution in [0.2, 0.25) is 0 Å². The van der Waals surface area contributed by atoms with Gasteiger partial charge in [0.05, 0.1) is 6.42 Å². The fourth-order valence-corrected chi connectivity index (χ4v) is 2.71. The summed E-state index contributed by atoms with van der Waals surface area (Å²) in [4.78, 5) is 44.8. The Bertz CT molecular complexity index is 1080. The summed E-state index contributed by atoms with van der Waals surface area (Å²) < 4.78 is 10.4. The zero-order valence-electron chi connectivity index (χ0n) is 18.1. The summed E-state index contributed by atoms with van der Waals surface area (Å²) in [5.41, 5.74) is 1.54. The fraction of sp³-hybridized carbons (Fsp3) is 0.304. The molecule has 1 unspecified atom stereocenters. The zero-order chi connectivity index (χ0) is 23.1. The number of esters is 1. The van der Waals surface area contributed by atoms with Crippen molar-refractivity contribution in [3.8, 4) is 11.5 Å². The van der Waals surface area contributed by atoms with Crippen LogP contribution in [0.4, 0.5) is 5.69 Å². The molecule has 3 aromatic rings. The topological polar surface area (TPSA) is 124 Å². The van der Waals surface area contributed by atoms with Gasteiger partial charge in [0.15, 0.2) is 6.10 Å². The van der Waals surface area contributed by atoms with Crippen molar-refractivity contribution < 1.29 is 23.6 Å². The number of nitrogens with one attached hydrogen (secondary N) is 1. The Morgan fingerprint density at radius 3 is 2.47 bits per heavy atom. The summed E-state index contributed by atoms with van der Waals surface area (Å²) in [6.45, 7) is 5.10. The van der Waals surface area contributed by atoms with Gasteiger partial charge < -0.3 is 14.6 Å². The first-order chi connectivity index (χ1) is 15.3. The molecule has 1 atom stereocenters. The minimum Gasteiger partial charge on any atom is -0.454 e. The maximum Gasteiger partial charge on any atom is 0.307 e. The molecule has 1 N–H and O–H groups in total. The van der Waals surface area contributed by atoms with Crippen molar-refractivity contribution in [3.05, 3.63) is 60.1 Å². The van der Waals surface area contributed by atoms with Crippen molar-refractivity contribution in [3.63, 3.8) is 0 Å². The molecule has 0 aliphatic heterocycles. The third kappa shape index (κ3) is 6.07. The van der Waals surface area contributed by atoms with E-state index in [9.17, 15) is 14.4 Å². The summed E-state index contributed by atoms with van der Waals surface area (Å²) in [5, 5.41) is 6.60. The van der Waals surface area contributed by atoms with Crippen molar-refractivity contribution in [1.82, 2.24) is 15.1 Å². The molecule has 9 nitrogen and oxygen atoms in total. The van der Waals surface area contributed by atoms with Gasteiger partial charge in [-0.25, -0.2) is 0 Å². The second-order valence-electron chi connectivity index (χ2n) is 7.44. The molecule has 0 saturated carbocycles. The Balaban J connectivity index is 1.49. The van der Waals surface area contributed by atoms with E-state index < -0.39 is 12.1 Å². The number of anilines is 1. The number of Topliss-reactive ketones (excluding diaryl/α,β-unsaturated/α-hetero) is 1. The van der Waals surface area contributed by atoms with E-state index in [1.54, 1.807) is 56.4 Å². The molecule has 0 spiro atoms. The normalized spacial score (nSPS) is 11.8. The van der Waals surface area contributed by atoms with Gasteiger partial charge in [0.2, 0.25) is 23.4 Å². The van der Waals surface area contributed by atoms with Crippen LogP contribution in [-0.2, 0) is 20.7 Å². The van der Waals surface area contributed by atoms with Crippen LogP contribution in [0.3, 0.4) is 0 Å². The summed E-state index contributed by atoms with van der Waals surface area (Å²) in [5.74, 6) is -0.532. The van der Waals surface area contributed by atoms with Gasteiger partial charge in [-0.3, -0.25) is 19.4 Å². The maximum absolute atomic E-state index is 12.5. The molecule has 0 aliphatic carbocycles. The maximum atomic E-state index is 12.5. The third-order valence-electron chi connectivity index (χ3n) is 4.54. The van der Waals surface area contributed by atoms with Crippen molar-refractivity contribution in [2.45, 2.75) is 39.7 Å². The van der Waals surface area contributed by atoms with E-state index in [-0.39, 0.29) is 36.3 Å². The first kappa shape index (κ1) is 22.8. The molecule has 1 aromatic carbocycles. The molecular formula is C23H24N4O5. The van der Waals surface area contributed by atoms with E-state index in [1.807, 2.05) is 6.07 Å². The average molecular weight is 436 g/mol. The standard InChI is InChI=1S/C23H24N4O5/c1-14(2)23(30)25-17-9-7-16(8-10-17)21(29)15(3)31-20(28)12-11-19-26-22(27-32-19)18-6-4-5-13-24-18/h4-10,13-15H,11-12H2,1-3H3,(H,25,30). The minimum absolute atomic E-state index is 0.0123. The number of ether oxygens (including phenoxy) is 1. The molecule has 3 rings (SSSR count). The molecule has 0 saturated heterocycles. The van der Waals surface area contributed by atoms with Crippen LogP contribution in [0.1, 0.15) is 43.4 Å². The number of rotatable bonds is 9. The number of hydrogen-bond acceptors (Lipinski definition) is 8. The fourth-order valence-electron chi connectivity index (χ4n) is 2.71. The largest absolute Gasteiger partial charge is 0.454 e. The van der Waals surface area contributed by atoms with Gasteiger partial charge in [0.1, 0.15) is 5.69 Å². The van der Waals surface area contributed by atoms with Crippen LogP contribution in [0.15, 0.2) is 53.2 Å². The molecule has 0 aliphatic rings. The van der Waals surface area contributed by atoms with Gasteiger partial charge in [0.25, 0.3) is 0 Å². The lowest BCUT2D eigenvalue weighted by atomic mass is 10.1. The highest BCUT2D eigenvalue weighted by molar-refractivity contribution is 6.01. The third-order valence-corrected chi connectivity index (χ3v) is 4.54. The van der Waals surface area contributed by atoms with E-state index >= 15 is 0 Å². The second-order valence-corrected chi connectivity index (χ2v) is 7.44. The van der Waals surface area contributed by atoms with Crippen LogP contribution in [0.5, 0.6) is 0 Å². The molecule has 2 aromatic heterocycles. The van der Waals surface area contributed by atoms with E-state index in [0.717, 1.165) is 0 Å². The van der Waals surface area contributed by atoms with Gasteiger partial charge in [-0.15, -0.1) is 0 Å². The number of ketones is 1. The highest BCUT2D eigenvalue weighted by Crippen LogP contribution is 2.15. The number of carbonyl (C=O) groups excluding carboxylic acids is 3. The molecule has 0 radical (unpaired) electrons. The molecule has 32 heavy (non-hydrogen) atoms. The summed E-state index contributed by atoms with van der Waals surface area (Å²) in [6.07, 6.45) is 0.840. The number of pyridine rings is 1. The number of carbonyl (C=O) groups is 3. The number of hydrogen-bond donors (Lipinski definition) is 1. The molecular weight excluding hydrogens is 412 g/mol. The molecule has 0 bridgehead atoms. The van der Waals surface area contributed by atoms with Crippen molar-refractivity contribution in [1.29, 1.82) is 0 Å². The predicted octanol–water partition coefficient (Wildman–Crippen LogP) is 3.47. The summed E-state index contributed by atoms with van der Waals surface area (Å²) in [6, 6.07) is 11.8. The quantitative estimate of drug-likeness (QED) is 0.399. The van der Waals surface area contributed by atoms with Crippen LogP contribution in [0.25, 0.3) is 11.5 Å². The molecule has 0 fully saturated rings. The van der Waals surface area contributed by atoms with Gasteiger partial charge in [-0.05, 0) is 43.3 Å². The van der Waals surface area contributed by atoms with E-state index in [4.69, 9.17) is 9.26 Å². The Kier molecular flexibility index (Phi) is 7.43. The molecule has 166 valence electrons. The van der Waals surface area contributed by atoms with E-state index in [1.165, 1.54) is 6.92 Å². The van der Waals surface area contributed by atoms with Crippen LogP contribution in [0, 0.1) is 5.92 Å². The second kappa shape index (κ2) is 10.4. The Hall–Kier alpha value is -3.88. The highest BCUT2D eigenvalue weighted by atomic mass is 16.5. The number of nitrogens with zero attached hydrogens (tertiary/aromatic N) is 3. The first-order valence-corrected chi connectivity index (χ1v) is 10.2. The van der Waals surface area contributed by atoms with Gasteiger partial charge >= 0.3 is 5.97 Å². The number of aromatic nitrogens is 3. The van der Waals surface area contributed by atoms with Gasteiger partial charge in [-0.2, -0.15) is 4.98 Å². The highest BCUT2D eigenvalue weighted by Gasteiger charge is 2.20. The number of benzene rings is 1. The van der Waals surface area contributed by atoms with Crippen LogP contribution < -0.4 is 5.32 Å². The van der Waals surface area contributed by atoms with Crippen LogP contribution in [-0.4, -0.2) is 38.9 Å². The molecule has 1 amide bonds. The Morgan fingerprint density at radius 1 is 1.06 bits per heavy atom. The first-order valence-electron chi connectivity index (χ1n) is 10.2.